The zero-order valence-electron chi connectivity index (χ0n) is 18.0. The van der Waals surface area contributed by atoms with E-state index < -0.39 is 11.7 Å². The molecule has 29 heavy (non-hydrogen) atoms. The van der Waals surface area contributed by atoms with Gasteiger partial charge in [0.05, 0.1) is 24.2 Å². The lowest BCUT2D eigenvalue weighted by Crippen LogP contribution is -2.28. The van der Waals surface area contributed by atoms with Gasteiger partial charge in [-0.05, 0) is 53.4 Å². The molecule has 2 aromatic rings. The number of rotatable bonds is 5. The van der Waals surface area contributed by atoms with Gasteiger partial charge in [-0.25, -0.2) is 14.8 Å². The van der Waals surface area contributed by atoms with E-state index in [0.29, 0.717) is 18.1 Å². The Labute approximate surface area is 172 Å². The average Bonchev–Trinajstić information content (AvgIpc) is 2.96. The zero-order chi connectivity index (χ0) is 21.0. The maximum Gasteiger partial charge on any atom is 0.413 e. The molecule has 0 aliphatic heterocycles. The van der Waals surface area contributed by atoms with Gasteiger partial charge in [-0.15, -0.1) is 0 Å². The highest BCUT2D eigenvalue weighted by Gasteiger charge is 2.20. The first kappa shape index (κ1) is 21.1. The molecule has 1 amide bonds. The lowest BCUT2D eigenvalue weighted by molar-refractivity contribution is 0.0634. The fourth-order valence-corrected chi connectivity index (χ4v) is 3.41. The van der Waals surface area contributed by atoms with Crippen LogP contribution in [0.15, 0.2) is 12.4 Å². The lowest BCUT2D eigenvalue weighted by Gasteiger charge is -2.23. The molecule has 8 heteroatoms. The Kier molecular flexibility index (Phi) is 6.39. The summed E-state index contributed by atoms with van der Waals surface area (Å²) in [5.41, 5.74) is 1.07. The van der Waals surface area contributed by atoms with Gasteiger partial charge in [-0.3, -0.25) is 10.00 Å². The first-order chi connectivity index (χ1) is 13.7. The van der Waals surface area contributed by atoms with E-state index in [2.05, 4.69) is 20.4 Å². The van der Waals surface area contributed by atoms with E-state index in [-0.39, 0.29) is 6.10 Å². The predicted molar refractivity (Wildman–Crippen MR) is 110 cm³/mol. The molecule has 2 aromatic heterocycles. The van der Waals surface area contributed by atoms with Gasteiger partial charge in [-0.1, -0.05) is 6.42 Å². The standard InChI is InChI=1S/C21H31N5O3/c1-14-17(28-16-9-7-6-8-10-16)13-22-18(24-14)11-15-12-23-26(5)19(15)25-20(27)29-21(2,3)4/h12-13,16H,6-11H2,1-5H3,(H,25,27). The molecule has 0 atom stereocenters. The van der Waals surface area contributed by atoms with Gasteiger partial charge >= 0.3 is 6.09 Å². The van der Waals surface area contributed by atoms with Crippen molar-refractivity contribution in [3.05, 3.63) is 29.5 Å². The fraction of sp³-hybridized carbons (Fsp3) is 0.619. The molecule has 158 valence electrons. The molecule has 0 saturated heterocycles. The normalized spacial score (nSPS) is 15.2. The number of carbonyl (C=O) groups is 1. The summed E-state index contributed by atoms with van der Waals surface area (Å²) in [6.07, 6.45) is 9.57. The molecule has 8 nitrogen and oxygen atoms in total. The molecule has 0 unspecified atom stereocenters. The molecule has 1 fully saturated rings. The maximum absolute atomic E-state index is 12.1. The molecule has 0 bridgehead atoms. The largest absolute Gasteiger partial charge is 0.487 e. The minimum atomic E-state index is -0.572. The number of hydrogen-bond acceptors (Lipinski definition) is 6. The second kappa shape index (κ2) is 8.80. The Morgan fingerprint density at radius 1 is 1.24 bits per heavy atom. The number of nitrogens with one attached hydrogen (secondary N) is 1. The van der Waals surface area contributed by atoms with Crippen LogP contribution >= 0.6 is 0 Å². The second-order valence-electron chi connectivity index (χ2n) is 8.56. The zero-order valence-corrected chi connectivity index (χ0v) is 18.0. The number of amides is 1. The van der Waals surface area contributed by atoms with Crippen molar-refractivity contribution in [3.8, 4) is 5.75 Å². The number of aromatic nitrogens is 4. The van der Waals surface area contributed by atoms with E-state index in [9.17, 15) is 4.79 Å². The molecule has 3 rings (SSSR count). The Balaban J connectivity index is 1.68. The molecule has 2 heterocycles. The number of carbonyl (C=O) groups excluding carboxylic acids is 1. The summed E-state index contributed by atoms with van der Waals surface area (Å²) in [5, 5.41) is 7.02. The van der Waals surface area contributed by atoms with Crippen LogP contribution in [-0.2, 0) is 18.2 Å². The van der Waals surface area contributed by atoms with Crippen molar-refractivity contribution in [2.24, 2.45) is 7.05 Å². The van der Waals surface area contributed by atoms with E-state index in [1.807, 2.05) is 27.7 Å². The first-order valence-corrected chi connectivity index (χ1v) is 10.2. The summed E-state index contributed by atoms with van der Waals surface area (Å²) in [7, 11) is 1.77. The van der Waals surface area contributed by atoms with Gasteiger partial charge in [-0.2, -0.15) is 5.10 Å². The molecular weight excluding hydrogens is 370 g/mol. The SMILES string of the molecule is Cc1nc(Cc2cnn(C)c2NC(=O)OC(C)(C)C)ncc1OC1CCCCC1. The lowest BCUT2D eigenvalue weighted by atomic mass is 9.98. The van der Waals surface area contributed by atoms with Crippen LogP contribution in [0.2, 0.25) is 0 Å². The van der Waals surface area contributed by atoms with E-state index in [0.717, 1.165) is 29.8 Å². The van der Waals surface area contributed by atoms with E-state index >= 15 is 0 Å². The van der Waals surface area contributed by atoms with Crippen molar-refractivity contribution in [3.63, 3.8) is 0 Å². The highest BCUT2D eigenvalue weighted by molar-refractivity contribution is 5.84. The van der Waals surface area contributed by atoms with Crippen LogP contribution in [-0.4, -0.2) is 37.5 Å². The fourth-order valence-electron chi connectivity index (χ4n) is 3.41. The van der Waals surface area contributed by atoms with Crippen molar-refractivity contribution in [2.75, 3.05) is 5.32 Å². The molecule has 1 saturated carbocycles. The summed E-state index contributed by atoms with van der Waals surface area (Å²) in [4.78, 5) is 21.2. The van der Waals surface area contributed by atoms with Crippen molar-refractivity contribution in [2.45, 2.75) is 77.9 Å². The monoisotopic (exact) mass is 401 g/mol. The van der Waals surface area contributed by atoms with Gasteiger partial charge in [0, 0.05) is 19.0 Å². The molecular formula is C21H31N5O3. The van der Waals surface area contributed by atoms with Crippen molar-refractivity contribution in [1.82, 2.24) is 19.7 Å². The number of ether oxygens (including phenoxy) is 2. The number of anilines is 1. The Morgan fingerprint density at radius 3 is 2.62 bits per heavy atom. The Morgan fingerprint density at radius 2 is 1.97 bits per heavy atom. The van der Waals surface area contributed by atoms with Crippen molar-refractivity contribution in [1.29, 1.82) is 0 Å². The van der Waals surface area contributed by atoms with Gasteiger partial charge in [0.15, 0.2) is 5.75 Å². The summed E-state index contributed by atoms with van der Waals surface area (Å²) >= 11 is 0. The van der Waals surface area contributed by atoms with Gasteiger partial charge in [0.1, 0.15) is 17.2 Å². The molecule has 1 N–H and O–H groups in total. The highest BCUT2D eigenvalue weighted by atomic mass is 16.6. The van der Waals surface area contributed by atoms with Crippen LogP contribution in [0.25, 0.3) is 0 Å². The predicted octanol–water partition coefficient (Wildman–Crippen LogP) is 4.17. The summed E-state index contributed by atoms with van der Waals surface area (Å²) in [5.74, 6) is 1.97. The van der Waals surface area contributed by atoms with E-state index in [1.165, 1.54) is 19.3 Å². The maximum atomic E-state index is 12.1. The number of aryl methyl sites for hydroxylation is 2. The van der Waals surface area contributed by atoms with Crippen molar-refractivity contribution < 1.29 is 14.3 Å². The van der Waals surface area contributed by atoms with Crippen LogP contribution in [0.3, 0.4) is 0 Å². The Hall–Kier alpha value is -2.64. The number of hydrogen-bond donors (Lipinski definition) is 1. The summed E-state index contributed by atoms with van der Waals surface area (Å²) < 4.78 is 13.0. The molecule has 1 aliphatic rings. The summed E-state index contributed by atoms with van der Waals surface area (Å²) in [6.45, 7) is 7.41. The van der Waals surface area contributed by atoms with Crippen LogP contribution in [0, 0.1) is 6.92 Å². The molecule has 0 spiro atoms. The average molecular weight is 402 g/mol. The smallest absolute Gasteiger partial charge is 0.413 e. The van der Waals surface area contributed by atoms with E-state index in [4.69, 9.17) is 9.47 Å². The molecule has 1 aliphatic carbocycles. The third kappa shape index (κ3) is 5.92. The quantitative estimate of drug-likeness (QED) is 0.809. The Bertz CT molecular complexity index is 850. The van der Waals surface area contributed by atoms with Crippen LogP contribution in [0.4, 0.5) is 10.6 Å². The third-order valence-corrected chi connectivity index (χ3v) is 4.81. The van der Waals surface area contributed by atoms with Crippen molar-refractivity contribution >= 4 is 11.9 Å². The minimum absolute atomic E-state index is 0.264. The third-order valence-electron chi connectivity index (χ3n) is 4.81. The van der Waals surface area contributed by atoms with Gasteiger partial charge in [0.2, 0.25) is 0 Å². The van der Waals surface area contributed by atoms with Gasteiger partial charge < -0.3 is 9.47 Å². The summed E-state index contributed by atoms with van der Waals surface area (Å²) in [6, 6.07) is 0. The molecule has 0 radical (unpaired) electrons. The van der Waals surface area contributed by atoms with Gasteiger partial charge in [0.25, 0.3) is 0 Å². The second-order valence-corrected chi connectivity index (χ2v) is 8.56. The van der Waals surface area contributed by atoms with Crippen LogP contribution in [0.5, 0.6) is 5.75 Å². The first-order valence-electron chi connectivity index (χ1n) is 10.2. The number of nitrogens with zero attached hydrogens (tertiary/aromatic N) is 4. The topological polar surface area (TPSA) is 91.2 Å². The minimum Gasteiger partial charge on any atom is -0.487 e. The highest BCUT2D eigenvalue weighted by Crippen LogP contribution is 2.25. The van der Waals surface area contributed by atoms with Crippen LogP contribution < -0.4 is 10.1 Å². The molecule has 0 aromatic carbocycles. The van der Waals surface area contributed by atoms with E-state index in [1.54, 1.807) is 24.1 Å². The van der Waals surface area contributed by atoms with Crippen LogP contribution in [0.1, 0.15) is 70.0 Å².